The fraction of sp³-hybridized carbons (Fsp3) is 0.462. The van der Waals surface area contributed by atoms with E-state index in [0.717, 1.165) is 0 Å². The van der Waals surface area contributed by atoms with Crippen LogP contribution < -0.4 is 4.74 Å². The molecule has 1 atom stereocenters. The van der Waals surface area contributed by atoms with E-state index < -0.39 is 5.82 Å². The van der Waals surface area contributed by atoms with Crippen LogP contribution in [0.4, 0.5) is 4.39 Å². The Morgan fingerprint density at radius 2 is 2.18 bits per heavy atom. The van der Waals surface area contributed by atoms with Crippen molar-refractivity contribution >= 4 is 12.6 Å². The van der Waals surface area contributed by atoms with Gasteiger partial charge in [-0.15, -0.1) is 0 Å². The molecule has 92 valence electrons. The topological polar surface area (TPSA) is 33.0 Å². The number of benzene rings is 1. The molecular weight excluding hydrogens is 237 g/mol. The lowest BCUT2D eigenvalue weighted by molar-refractivity contribution is 0.225. The van der Waals surface area contributed by atoms with E-state index in [2.05, 4.69) is 26.5 Å². The van der Waals surface area contributed by atoms with Gasteiger partial charge in [0.15, 0.2) is 0 Å². The number of thiol groups is 1. The molecule has 0 saturated heterocycles. The summed E-state index contributed by atoms with van der Waals surface area (Å²) in [6.07, 6.45) is 0. The van der Waals surface area contributed by atoms with Crippen molar-refractivity contribution in [1.29, 1.82) is 5.26 Å². The first kappa shape index (κ1) is 13.9. The minimum absolute atomic E-state index is 0.0332. The van der Waals surface area contributed by atoms with E-state index in [0.29, 0.717) is 24.0 Å². The highest BCUT2D eigenvalue weighted by atomic mass is 32.1. The van der Waals surface area contributed by atoms with Crippen LogP contribution in [-0.2, 0) is 0 Å². The summed E-state index contributed by atoms with van der Waals surface area (Å²) < 4.78 is 18.8. The van der Waals surface area contributed by atoms with Crippen LogP contribution >= 0.6 is 12.6 Å². The summed E-state index contributed by atoms with van der Waals surface area (Å²) in [6, 6.07) is 6.22. The highest BCUT2D eigenvalue weighted by molar-refractivity contribution is 7.80. The first-order valence-corrected chi connectivity index (χ1v) is 6.15. The Morgan fingerprint density at radius 1 is 1.47 bits per heavy atom. The van der Waals surface area contributed by atoms with E-state index in [9.17, 15) is 4.39 Å². The molecule has 0 N–H and O–H groups in total. The van der Waals surface area contributed by atoms with Crippen LogP contribution in [0.5, 0.6) is 5.75 Å². The van der Waals surface area contributed by atoms with Crippen LogP contribution in [0.25, 0.3) is 0 Å². The third kappa shape index (κ3) is 3.64. The average molecular weight is 253 g/mol. The van der Waals surface area contributed by atoms with Gasteiger partial charge in [0.1, 0.15) is 23.2 Å². The van der Waals surface area contributed by atoms with E-state index >= 15 is 0 Å². The molecule has 0 heterocycles. The molecule has 0 aliphatic carbocycles. The van der Waals surface area contributed by atoms with Crippen LogP contribution in [0.1, 0.15) is 19.4 Å². The summed E-state index contributed by atoms with van der Waals surface area (Å²) in [5.74, 6) is 1.19. The molecule has 0 radical (unpaired) electrons. The zero-order valence-corrected chi connectivity index (χ0v) is 10.9. The predicted molar refractivity (Wildman–Crippen MR) is 68.8 cm³/mol. The first-order chi connectivity index (χ1) is 8.10. The van der Waals surface area contributed by atoms with Crippen LogP contribution in [-0.4, -0.2) is 12.4 Å². The van der Waals surface area contributed by atoms with Crippen LogP contribution in [0.3, 0.4) is 0 Å². The summed E-state index contributed by atoms with van der Waals surface area (Å²) in [7, 11) is 0. The summed E-state index contributed by atoms with van der Waals surface area (Å²) in [4.78, 5) is 0. The largest absolute Gasteiger partial charge is 0.492 e. The minimum Gasteiger partial charge on any atom is -0.492 e. The molecule has 1 aromatic rings. The number of nitriles is 1. The third-order valence-corrected chi connectivity index (χ3v) is 3.19. The van der Waals surface area contributed by atoms with Crippen LogP contribution in [0, 0.1) is 29.0 Å². The highest BCUT2D eigenvalue weighted by Gasteiger charge is 2.14. The van der Waals surface area contributed by atoms with Crippen LogP contribution in [0.2, 0.25) is 0 Å². The zero-order valence-electron chi connectivity index (χ0n) is 9.98. The SMILES string of the molecule is CC(C)C(CS)COc1cccc(F)c1C#N. The minimum atomic E-state index is -0.544. The van der Waals surface area contributed by atoms with E-state index in [1.54, 1.807) is 6.07 Å². The lowest BCUT2D eigenvalue weighted by Crippen LogP contribution is -2.19. The molecule has 0 aromatic heterocycles. The summed E-state index contributed by atoms with van der Waals surface area (Å²) >= 11 is 4.25. The van der Waals surface area contributed by atoms with Gasteiger partial charge in [0.25, 0.3) is 0 Å². The van der Waals surface area contributed by atoms with Gasteiger partial charge in [-0.25, -0.2) is 4.39 Å². The second-order valence-electron chi connectivity index (χ2n) is 4.22. The maximum absolute atomic E-state index is 13.3. The summed E-state index contributed by atoms with van der Waals surface area (Å²) in [5.41, 5.74) is -0.0332. The van der Waals surface area contributed by atoms with Gasteiger partial charge >= 0.3 is 0 Å². The highest BCUT2D eigenvalue weighted by Crippen LogP contribution is 2.22. The molecule has 0 aliphatic heterocycles. The van der Waals surface area contributed by atoms with E-state index in [1.807, 2.05) is 6.07 Å². The number of nitrogens with zero attached hydrogens (tertiary/aromatic N) is 1. The van der Waals surface area contributed by atoms with Crippen molar-refractivity contribution in [2.45, 2.75) is 13.8 Å². The molecule has 0 amide bonds. The number of halogens is 1. The molecule has 0 spiro atoms. The van der Waals surface area contributed by atoms with Gasteiger partial charge in [0.05, 0.1) is 6.61 Å². The lowest BCUT2D eigenvalue weighted by Gasteiger charge is -2.19. The van der Waals surface area contributed by atoms with Crippen molar-refractivity contribution in [3.8, 4) is 11.8 Å². The fourth-order valence-electron chi connectivity index (χ4n) is 1.39. The summed E-state index contributed by atoms with van der Waals surface area (Å²) in [6.45, 7) is 4.61. The second-order valence-corrected chi connectivity index (χ2v) is 4.59. The molecule has 1 aromatic carbocycles. The standard InChI is InChI=1S/C13H16FNOS/c1-9(2)10(8-17)7-16-13-5-3-4-12(14)11(13)6-15/h3-5,9-10,17H,7-8H2,1-2H3. The monoisotopic (exact) mass is 253 g/mol. The molecule has 2 nitrogen and oxygen atoms in total. The molecule has 4 heteroatoms. The van der Waals surface area contributed by atoms with Gasteiger partial charge in [-0.05, 0) is 23.8 Å². The third-order valence-electron chi connectivity index (χ3n) is 2.72. The second kappa shape index (κ2) is 6.51. The van der Waals surface area contributed by atoms with Gasteiger partial charge in [-0.3, -0.25) is 0 Å². The van der Waals surface area contributed by atoms with E-state index in [-0.39, 0.29) is 11.5 Å². The van der Waals surface area contributed by atoms with E-state index in [4.69, 9.17) is 10.00 Å². The smallest absolute Gasteiger partial charge is 0.144 e. The average Bonchev–Trinajstić information content (AvgIpc) is 2.29. The number of rotatable bonds is 5. The lowest BCUT2D eigenvalue weighted by atomic mass is 9.99. The Kier molecular flexibility index (Phi) is 5.30. The fourth-order valence-corrected chi connectivity index (χ4v) is 1.91. The molecular formula is C13H16FNOS. The maximum atomic E-state index is 13.3. The quantitative estimate of drug-likeness (QED) is 0.817. The van der Waals surface area contributed by atoms with Crippen molar-refractivity contribution in [3.05, 3.63) is 29.6 Å². The molecule has 1 unspecified atom stereocenters. The van der Waals surface area contributed by atoms with Gasteiger partial charge in [0, 0.05) is 5.92 Å². The van der Waals surface area contributed by atoms with E-state index in [1.165, 1.54) is 12.1 Å². The Labute approximate surface area is 107 Å². The van der Waals surface area contributed by atoms with Crippen LogP contribution in [0.15, 0.2) is 18.2 Å². The van der Waals surface area contributed by atoms with Crippen molar-refractivity contribution in [3.63, 3.8) is 0 Å². The van der Waals surface area contributed by atoms with Gasteiger partial charge in [-0.2, -0.15) is 17.9 Å². The summed E-state index contributed by atoms with van der Waals surface area (Å²) in [5, 5.41) is 8.85. The normalized spacial score (nSPS) is 12.2. The predicted octanol–water partition coefficient (Wildman–Crippen LogP) is 3.28. The number of hydrogen-bond donors (Lipinski definition) is 1. The Morgan fingerprint density at radius 3 is 2.71 bits per heavy atom. The van der Waals surface area contributed by atoms with Crippen molar-refractivity contribution < 1.29 is 9.13 Å². The van der Waals surface area contributed by atoms with Gasteiger partial charge < -0.3 is 4.74 Å². The molecule has 0 saturated carbocycles. The van der Waals surface area contributed by atoms with Crippen molar-refractivity contribution in [1.82, 2.24) is 0 Å². The van der Waals surface area contributed by atoms with Gasteiger partial charge in [-0.1, -0.05) is 19.9 Å². The molecule has 17 heavy (non-hydrogen) atoms. The molecule has 0 bridgehead atoms. The maximum Gasteiger partial charge on any atom is 0.144 e. The number of hydrogen-bond acceptors (Lipinski definition) is 3. The molecule has 1 rings (SSSR count). The van der Waals surface area contributed by atoms with Crippen molar-refractivity contribution in [2.75, 3.05) is 12.4 Å². The Balaban J connectivity index is 2.76. The Hall–Kier alpha value is -1.21. The van der Waals surface area contributed by atoms with Crippen molar-refractivity contribution in [2.24, 2.45) is 11.8 Å². The Bertz CT molecular complexity index is 414. The zero-order chi connectivity index (χ0) is 12.8. The number of ether oxygens (including phenoxy) is 1. The molecule has 0 aliphatic rings. The molecule has 0 fully saturated rings. The first-order valence-electron chi connectivity index (χ1n) is 5.52. The van der Waals surface area contributed by atoms with Gasteiger partial charge in [0.2, 0.25) is 0 Å².